The number of hydrogen-bond donors (Lipinski definition) is 3. The summed E-state index contributed by atoms with van der Waals surface area (Å²) in [7, 11) is 0. The molecule has 0 spiro atoms. The van der Waals surface area contributed by atoms with E-state index < -0.39 is 13.0 Å². The first-order valence-electron chi connectivity index (χ1n) is 6.22. The maximum atomic E-state index is 11.8. The van der Waals surface area contributed by atoms with E-state index in [1.165, 1.54) is 0 Å². The van der Waals surface area contributed by atoms with Crippen LogP contribution in [0.5, 0.6) is 0 Å². The van der Waals surface area contributed by atoms with Crippen molar-refractivity contribution in [2.24, 2.45) is 10.9 Å². The molecule has 0 saturated heterocycles. The van der Waals surface area contributed by atoms with E-state index in [4.69, 9.17) is 10.9 Å². The number of nitrogens with one attached hydrogen (secondary N) is 1. The molecule has 0 heterocycles. The maximum absolute atomic E-state index is 11.8. The van der Waals surface area contributed by atoms with Gasteiger partial charge in [0.1, 0.15) is 6.61 Å². The minimum Gasteiger partial charge on any atom is -0.409 e. The van der Waals surface area contributed by atoms with Gasteiger partial charge in [0.2, 0.25) is 5.91 Å². The molecule has 1 aromatic carbocycles. The van der Waals surface area contributed by atoms with Crippen molar-refractivity contribution in [1.82, 2.24) is 5.32 Å². The molecule has 0 aliphatic carbocycles. The number of hydrogen-bond acceptors (Lipinski definition) is 4. The Labute approximate surface area is 120 Å². The fourth-order valence-corrected chi connectivity index (χ4v) is 1.53. The summed E-state index contributed by atoms with van der Waals surface area (Å²) >= 11 is 0. The minimum absolute atomic E-state index is 0.0119. The molecule has 0 aliphatic rings. The number of alkyl halides is 2. The first-order valence-corrected chi connectivity index (χ1v) is 6.22. The average Bonchev–Trinajstić information content (AvgIpc) is 2.46. The van der Waals surface area contributed by atoms with Crippen molar-refractivity contribution in [3.63, 3.8) is 0 Å². The van der Waals surface area contributed by atoms with E-state index in [9.17, 15) is 13.6 Å². The summed E-state index contributed by atoms with van der Waals surface area (Å²) in [4.78, 5) is 11.6. The van der Waals surface area contributed by atoms with Gasteiger partial charge in [0.15, 0.2) is 5.84 Å². The van der Waals surface area contributed by atoms with E-state index >= 15 is 0 Å². The number of amides is 1. The van der Waals surface area contributed by atoms with Crippen molar-refractivity contribution in [2.75, 3.05) is 19.8 Å². The highest BCUT2D eigenvalue weighted by atomic mass is 19.3. The summed E-state index contributed by atoms with van der Waals surface area (Å²) in [5, 5.41) is 13.9. The van der Waals surface area contributed by atoms with Gasteiger partial charge >= 0.3 is 0 Å². The zero-order valence-electron chi connectivity index (χ0n) is 11.3. The van der Waals surface area contributed by atoms with E-state index in [1.807, 2.05) is 0 Å². The van der Waals surface area contributed by atoms with Gasteiger partial charge in [-0.1, -0.05) is 29.4 Å². The predicted molar refractivity (Wildman–Crippen MR) is 72.5 cm³/mol. The van der Waals surface area contributed by atoms with Gasteiger partial charge in [-0.2, -0.15) is 0 Å². The van der Waals surface area contributed by atoms with Gasteiger partial charge in [-0.05, 0) is 5.56 Å². The number of carbonyl (C=O) groups is 1. The number of nitrogens with zero attached hydrogens (tertiary/aromatic N) is 1. The van der Waals surface area contributed by atoms with Crippen molar-refractivity contribution in [3.8, 4) is 0 Å². The largest absolute Gasteiger partial charge is 0.409 e. The summed E-state index contributed by atoms with van der Waals surface area (Å²) in [6.45, 7) is -0.419. The fourth-order valence-electron chi connectivity index (χ4n) is 1.53. The van der Waals surface area contributed by atoms with Crippen LogP contribution in [0.4, 0.5) is 8.78 Å². The molecule has 0 aliphatic heterocycles. The van der Waals surface area contributed by atoms with Crippen LogP contribution in [-0.4, -0.2) is 43.1 Å². The zero-order valence-corrected chi connectivity index (χ0v) is 11.3. The molecule has 0 unspecified atom stereocenters. The molecule has 0 fully saturated rings. The Morgan fingerprint density at radius 3 is 2.62 bits per heavy atom. The third-order valence-electron chi connectivity index (χ3n) is 2.53. The van der Waals surface area contributed by atoms with E-state index in [2.05, 4.69) is 15.2 Å². The first kappa shape index (κ1) is 16.8. The van der Waals surface area contributed by atoms with Crippen LogP contribution in [0.15, 0.2) is 29.4 Å². The maximum Gasteiger partial charge on any atom is 0.261 e. The monoisotopic (exact) mass is 301 g/mol. The molecule has 0 bridgehead atoms. The van der Waals surface area contributed by atoms with Crippen molar-refractivity contribution in [3.05, 3.63) is 35.4 Å². The van der Waals surface area contributed by atoms with Gasteiger partial charge in [-0.15, -0.1) is 0 Å². The molecule has 4 N–H and O–H groups in total. The average molecular weight is 301 g/mol. The highest BCUT2D eigenvalue weighted by molar-refractivity contribution is 5.97. The van der Waals surface area contributed by atoms with Gasteiger partial charge in [0.05, 0.1) is 13.0 Å². The van der Waals surface area contributed by atoms with E-state index in [1.54, 1.807) is 24.3 Å². The molecule has 0 atom stereocenters. The first-order chi connectivity index (χ1) is 10.0. The third kappa shape index (κ3) is 6.66. The minimum atomic E-state index is -2.51. The lowest BCUT2D eigenvalue weighted by atomic mass is 10.1. The van der Waals surface area contributed by atoms with Crippen LogP contribution in [0.1, 0.15) is 11.1 Å². The van der Waals surface area contributed by atoms with Gasteiger partial charge < -0.3 is 21.0 Å². The highest BCUT2D eigenvalue weighted by Crippen LogP contribution is 2.05. The summed E-state index contributed by atoms with van der Waals surface area (Å²) in [6, 6.07) is 6.62. The van der Waals surface area contributed by atoms with Crippen LogP contribution >= 0.6 is 0 Å². The van der Waals surface area contributed by atoms with Gasteiger partial charge in [0.25, 0.3) is 6.43 Å². The fraction of sp³-hybridized carbons (Fsp3) is 0.385. The second-order valence-electron chi connectivity index (χ2n) is 4.17. The predicted octanol–water partition coefficient (Wildman–Crippen LogP) is 0.721. The van der Waals surface area contributed by atoms with E-state index in [0.717, 1.165) is 5.56 Å². The Morgan fingerprint density at radius 2 is 2.05 bits per heavy atom. The Bertz CT molecular complexity index is 478. The number of carbonyl (C=O) groups excluding carboxylic acids is 1. The lowest BCUT2D eigenvalue weighted by Gasteiger charge is -2.07. The number of amidine groups is 1. The van der Waals surface area contributed by atoms with Crippen molar-refractivity contribution in [2.45, 2.75) is 12.8 Å². The SMILES string of the molecule is N/C(=N/O)c1ccc(CC(=O)NCCOCC(F)F)cc1. The molecule has 6 nitrogen and oxygen atoms in total. The van der Waals surface area contributed by atoms with Crippen molar-refractivity contribution < 1.29 is 23.5 Å². The molecular weight excluding hydrogens is 284 g/mol. The summed E-state index contributed by atoms with van der Waals surface area (Å²) in [5.41, 5.74) is 6.70. The van der Waals surface area contributed by atoms with Crippen LogP contribution in [0, 0.1) is 0 Å². The zero-order chi connectivity index (χ0) is 15.7. The molecule has 8 heteroatoms. The number of oxime groups is 1. The van der Waals surface area contributed by atoms with E-state index in [-0.39, 0.29) is 31.3 Å². The van der Waals surface area contributed by atoms with Crippen LogP contribution in [0.3, 0.4) is 0 Å². The number of ether oxygens (including phenoxy) is 1. The quantitative estimate of drug-likeness (QED) is 0.217. The van der Waals surface area contributed by atoms with Crippen LogP contribution < -0.4 is 11.1 Å². The second kappa shape index (κ2) is 8.85. The molecule has 0 aromatic heterocycles. The lowest BCUT2D eigenvalue weighted by Crippen LogP contribution is -2.29. The van der Waals surface area contributed by atoms with Crippen LogP contribution in [-0.2, 0) is 16.0 Å². The van der Waals surface area contributed by atoms with Gasteiger partial charge in [-0.25, -0.2) is 8.78 Å². The topological polar surface area (TPSA) is 96.9 Å². The summed E-state index contributed by atoms with van der Waals surface area (Å²) in [6.07, 6.45) is -2.36. The number of halogens is 2. The standard InChI is InChI=1S/C13H17F2N3O3/c14-11(15)8-21-6-5-17-12(19)7-9-1-3-10(4-2-9)13(16)18-20/h1-4,11,20H,5-8H2,(H2,16,18)(H,17,19). The smallest absolute Gasteiger partial charge is 0.261 e. The Kier molecular flexibility index (Phi) is 7.10. The van der Waals surface area contributed by atoms with Crippen molar-refractivity contribution >= 4 is 11.7 Å². The third-order valence-corrected chi connectivity index (χ3v) is 2.53. The Balaban J connectivity index is 2.31. The molecule has 0 radical (unpaired) electrons. The highest BCUT2D eigenvalue weighted by Gasteiger charge is 2.05. The molecular formula is C13H17F2N3O3. The Morgan fingerprint density at radius 1 is 1.38 bits per heavy atom. The van der Waals surface area contributed by atoms with E-state index in [0.29, 0.717) is 5.56 Å². The lowest BCUT2D eigenvalue weighted by molar-refractivity contribution is -0.120. The summed E-state index contributed by atoms with van der Waals surface area (Å²) < 4.78 is 28.2. The normalized spacial score (nSPS) is 11.7. The van der Waals surface area contributed by atoms with Crippen molar-refractivity contribution in [1.29, 1.82) is 0 Å². The van der Waals surface area contributed by atoms with Gasteiger partial charge in [-0.3, -0.25) is 4.79 Å². The summed E-state index contributed by atoms with van der Waals surface area (Å²) in [5.74, 6) is -0.255. The number of rotatable bonds is 8. The molecule has 1 amide bonds. The van der Waals surface area contributed by atoms with Crippen LogP contribution in [0.2, 0.25) is 0 Å². The molecule has 21 heavy (non-hydrogen) atoms. The molecule has 1 aromatic rings. The Hall–Kier alpha value is -2.22. The second-order valence-corrected chi connectivity index (χ2v) is 4.17. The molecule has 116 valence electrons. The molecule has 1 rings (SSSR count). The number of benzene rings is 1. The molecule has 0 saturated carbocycles. The van der Waals surface area contributed by atoms with Gasteiger partial charge in [0, 0.05) is 12.1 Å². The number of nitrogens with two attached hydrogens (primary N) is 1. The van der Waals surface area contributed by atoms with Crippen LogP contribution in [0.25, 0.3) is 0 Å².